The van der Waals surface area contributed by atoms with Crippen molar-refractivity contribution in [1.82, 2.24) is 0 Å². The van der Waals surface area contributed by atoms with Gasteiger partial charge < -0.3 is 15.0 Å². The molecule has 1 aliphatic heterocycles. The Bertz CT molecular complexity index is 747. The summed E-state index contributed by atoms with van der Waals surface area (Å²) in [6.45, 7) is 0.598. The monoisotopic (exact) mass is 336 g/mol. The highest BCUT2D eigenvalue weighted by Crippen LogP contribution is 2.28. The number of rotatable bonds is 4. The van der Waals surface area contributed by atoms with Crippen molar-refractivity contribution in [2.45, 2.75) is 12.8 Å². The minimum atomic E-state index is -4.74. The van der Waals surface area contributed by atoms with Crippen molar-refractivity contribution < 1.29 is 22.7 Å². The number of amides is 1. The molecule has 0 bridgehead atoms. The number of nitrogens with zero attached hydrogens (tertiary/aromatic N) is 1. The third-order valence-corrected chi connectivity index (χ3v) is 3.70. The molecule has 0 saturated carbocycles. The van der Waals surface area contributed by atoms with Gasteiger partial charge in [0.1, 0.15) is 5.75 Å². The van der Waals surface area contributed by atoms with Gasteiger partial charge in [-0.2, -0.15) is 0 Å². The second-order valence-electron chi connectivity index (χ2n) is 5.35. The number of anilines is 2. The fraction of sp³-hybridized carbons (Fsp3) is 0.235. The average Bonchev–Trinajstić information content (AvgIpc) is 2.95. The van der Waals surface area contributed by atoms with Gasteiger partial charge in [-0.3, -0.25) is 4.79 Å². The van der Waals surface area contributed by atoms with Crippen LogP contribution in [0.1, 0.15) is 5.56 Å². The van der Waals surface area contributed by atoms with Crippen LogP contribution in [0.25, 0.3) is 0 Å². The molecule has 0 radical (unpaired) electrons. The molecule has 0 unspecified atom stereocenters. The molecule has 2 aromatic carbocycles. The van der Waals surface area contributed by atoms with Crippen LogP contribution < -0.4 is 15.0 Å². The number of hydrogen-bond donors (Lipinski definition) is 1. The lowest BCUT2D eigenvalue weighted by Crippen LogP contribution is -2.34. The number of fused-ring (bicyclic) bond motifs is 1. The summed E-state index contributed by atoms with van der Waals surface area (Å²) in [5.41, 5.74) is 2.39. The number of para-hydroxylation sites is 1. The quantitative estimate of drug-likeness (QED) is 0.928. The number of halogens is 3. The minimum Gasteiger partial charge on any atom is -0.406 e. The SMILES string of the molecule is O=C(CNc1cccc(OC(F)(F)F)c1)N1CCc2ccccc21. The van der Waals surface area contributed by atoms with Crippen molar-refractivity contribution in [2.24, 2.45) is 0 Å². The maximum absolute atomic E-state index is 12.3. The van der Waals surface area contributed by atoms with Crippen LogP contribution in [-0.2, 0) is 11.2 Å². The second kappa shape index (κ2) is 6.43. The number of nitrogens with one attached hydrogen (secondary N) is 1. The van der Waals surface area contributed by atoms with Crippen molar-refractivity contribution in [3.05, 3.63) is 54.1 Å². The van der Waals surface area contributed by atoms with Gasteiger partial charge in [0.25, 0.3) is 0 Å². The summed E-state index contributed by atoms with van der Waals surface area (Å²) in [4.78, 5) is 14.0. The third kappa shape index (κ3) is 3.79. The molecule has 2 aromatic rings. The van der Waals surface area contributed by atoms with Crippen LogP contribution in [0.5, 0.6) is 5.75 Å². The van der Waals surface area contributed by atoms with Crippen molar-refractivity contribution in [3.63, 3.8) is 0 Å². The fourth-order valence-electron chi connectivity index (χ4n) is 2.67. The first kappa shape index (κ1) is 16.2. The predicted octanol–water partition coefficient (Wildman–Crippen LogP) is 3.59. The average molecular weight is 336 g/mol. The maximum Gasteiger partial charge on any atom is 0.573 e. The first-order valence-electron chi connectivity index (χ1n) is 7.40. The molecule has 0 fully saturated rings. The van der Waals surface area contributed by atoms with Gasteiger partial charge in [-0.25, -0.2) is 0 Å². The van der Waals surface area contributed by atoms with Gasteiger partial charge in [-0.05, 0) is 30.2 Å². The Morgan fingerprint density at radius 2 is 1.96 bits per heavy atom. The Morgan fingerprint density at radius 3 is 2.75 bits per heavy atom. The van der Waals surface area contributed by atoms with Crippen molar-refractivity contribution in [2.75, 3.05) is 23.3 Å². The first-order chi connectivity index (χ1) is 11.4. The summed E-state index contributed by atoms with van der Waals surface area (Å²) in [7, 11) is 0. The lowest BCUT2D eigenvalue weighted by Gasteiger charge is -2.18. The van der Waals surface area contributed by atoms with Gasteiger partial charge in [0.2, 0.25) is 5.91 Å². The number of ether oxygens (including phenoxy) is 1. The summed E-state index contributed by atoms with van der Waals surface area (Å²) < 4.78 is 40.5. The molecule has 4 nitrogen and oxygen atoms in total. The molecule has 0 atom stereocenters. The lowest BCUT2D eigenvalue weighted by molar-refractivity contribution is -0.274. The molecular weight excluding hydrogens is 321 g/mol. The number of carbonyl (C=O) groups is 1. The minimum absolute atomic E-state index is 0.0101. The van der Waals surface area contributed by atoms with E-state index < -0.39 is 6.36 Å². The highest BCUT2D eigenvalue weighted by atomic mass is 19.4. The van der Waals surface area contributed by atoms with Crippen LogP contribution in [0.4, 0.5) is 24.5 Å². The van der Waals surface area contributed by atoms with Crippen LogP contribution in [0, 0.1) is 0 Å². The Hall–Kier alpha value is -2.70. The smallest absolute Gasteiger partial charge is 0.406 e. The predicted molar refractivity (Wildman–Crippen MR) is 84.1 cm³/mol. The second-order valence-corrected chi connectivity index (χ2v) is 5.35. The molecule has 1 aliphatic rings. The number of benzene rings is 2. The molecule has 1 heterocycles. The Kier molecular flexibility index (Phi) is 4.33. The highest BCUT2D eigenvalue weighted by Gasteiger charge is 2.31. The zero-order valence-electron chi connectivity index (χ0n) is 12.6. The molecule has 24 heavy (non-hydrogen) atoms. The van der Waals surface area contributed by atoms with E-state index in [1.54, 1.807) is 11.0 Å². The standard InChI is InChI=1S/C17H15F3N2O2/c18-17(19,20)24-14-6-3-5-13(10-14)21-11-16(23)22-9-8-12-4-1-2-7-15(12)22/h1-7,10,21H,8-9,11H2. The van der Waals surface area contributed by atoms with Crippen LogP contribution in [0.2, 0.25) is 0 Å². The zero-order valence-corrected chi connectivity index (χ0v) is 12.6. The van der Waals surface area contributed by atoms with Gasteiger partial charge in [0, 0.05) is 24.0 Å². The topological polar surface area (TPSA) is 41.6 Å². The van der Waals surface area contributed by atoms with Gasteiger partial charge >= 0.3 is 6.36 Å². The first-order valence-corrected chi connectivity index (χ1v) is 7.40. The third-order valence-electron chi connectivity index (χ3n) is 3.70. The molecule has 126 valence electrons. The molecule has 3 rings (SSSR count). The van der Waals surface area contributed by atoms with Crippen LogP contribution in [0.15, 0.2) is 48.5 Å². The number of hydrogen-bond acceptors (Lipinski definition) is 3. The van der Waals surface area contributed by atoms with E-state index >= 15 is 0 Å². The van der Waals surface area contributed by atoms with Gasteiger partial charge in [0.05, 0.1) is 6.54 Å². The molecule has 7 heteroatoms. The normalized spacial score (nSPS) is 13.5. The van der Waals surface area contributed by atoms with E-state index in [0.717, 1.165) is 17.7 Å². The highest BCUT2D eigenvalue weighted by molar-refractivity contribution is 5.98. The van der Waals surface area contributed by atoms with E-state index in [9.17, 15) is 18.0 Å². The van der Waals surface area contributed by atoms with Gasteiger partial charge in [0.15, 0.2) is 0 Å². The summed E-state index contributed by atoms with van der Waals surface area (Å²) in [5, 5.41) is 2.84. The van der Waals surface area contributed by atoms with E-state index in [4.69, 9.17) is 0 Å². The zero-order chi connectivity index (χ0) is 17.2. The number of carbonyl (C=O) groups excluding carboxylic acids is 1. The van der Waals surface area contributed by atoms with E-state index in [-0.39, 0.29) is 18.2 Å². The molecule has 0 aromatic heterocycles. The van der Waals surface area contributed by atoms with Crippen LogP contribution >= 0.6 is 0 Å². The van der Waals surface area contributed by atoms with Crippen LogP contribution in [-0.4, -0.2) is 25.4 Å². The van der Waals surface area contributed by atoms with E-state index in [1.807, 2.05) is 24.3 Å². The van der Waals surface area contributed by atoms with Crippen molar-refractivity contribution in [1.29, 1.82) is 0 Å². The van der Waals surface area contributed by atoms with Crippen molar-refractivity contribution >= 4 is 17.3 Å². The largest absolute Gasteiger partial charge is 0.573 e. The maximum atomic E-state index is 12.3. The molecule has 0 spiro atoms. The van der Waals surface area contributed by atoms with E-state index in [0.29, 0.717) is 12.2 Å². The summed E-state index contributed by atoms with van der Waals surface area (Å²) in [6.07, 6.45) is -3.94. The summed E-state index contributed by atoms with van der Waals surface area (Å²) >= 11 is 0. The summed E-state index contributed by atoms with van der Waals surface area (Å²) in [5.74, 6) is -0.464. The molecule has 0 aliphatic carbocycles. The fourth-order valence-corrected chi connectivity index (χ4v) is 2.67. The Labute approximate surface area is 136 Å². The molecular formula is C17H15F3N2O2. The Balaban J connectivity index is 1.62. The van der Waals surface area contributed by atoms with Gasteiger partial charge in [-0.15, -0.1) is 13.2 Å². The summed E-state index contributed by atoms with van der Waals surface area (Å²) in [6, 6.07) is 13.1. The molecule has 1 amide bonds. The molecule has 0 saturated heterocycles. The van der Waals surface area contributed by atoms with E-state index in [2.05, 4.69) is 10.1 Å². The van der Waals surface area contributed by atoms with Gasteiger partial charge in [-0.1, -0.05) is 24.3 Å². The number of alkyl halides is 3. The van der Waals surface area contributed by atoms with Crippen LogP contribution in [0.3, 0.4) is 0 Å². The lowest BCUT2D eigenvalue weighted by atomic mass is 10.2. The molecule has 1 N–H and O–H groups in total. The Morgan fingerprint density at radius 1 is 1.17 bits per heavy atom. The van der Waals surface area contributed by atoms with E-state index in [1.165, 1.54) is 18.2 Å². The van der Waals surface area contributed by atoms with Crippen molar-refractivity contribution in [3.8, 4) is 5.75 Å².